The van der Waals surface area contributed by atoms with E-state index in [9.17, 15) is 0 Å². The van der Waals surface area contributed by atoms with E-state index in [0.717, 1.165) is 6.54 Å². The molecule has 1 aliphatic carbocycles. The predicted molar refractivity (Wildman–Crippen MR) is 67.5 cm³/mol. The highest BCUT2D eigenvalue weighted by atomic mass is 15.2. The van der Waals surface area contributed by atoms with E-state index in [1.165, 1.54) is 37.8 Å². The van der Waals surface area contributed by atoms with Crippen molar-refractivity contribution in [2.24, 2.45) is 5.73 Å². The molecule has 16 heavy (non-hydrogen) atoms. The van der Waals surface area contributed by atoms with Crippen LogP contribution in [0, 0.1) is 0 Å². The molecule has 1 fully saturated rings. The fourth-order valence-electron chi connectivity index (χ4n) is 2.58. The Morgan fingerprint density at radius 3 is 2.75 bits per heavy atom. The maximum Gasteiger partial charge on any atom is 0.0555 e. The van der Waals surface area contributed by atoms with E-state index >= 15 is 0 Å². The molecule has 1 aromatic heterocycles. The molecule has 0 atom stereocenters. The summed E-state index contributed by atoms with van der Waals surface area (Å²) < 4.78 is 0. The summed E-state index contributed by atoms with van der Waals surface area (Å²) in [5.74, 6) is 0. The zero-order valence-corrected chi connectivity index (χ0v) is 9.81. The molecule has 0 saturated heterocycles. The predicted octanol–water partition coefficient (Wildman–Crippen LogP) is 2.18. The van der Waals surface area contributed by atoms with E-state index in [4.69, 9.17) is 5.73 Å². The average Bonchev–Trinajstić information content (AvgIpc) is 2.38. The third-order valence-electron chi connectivity index (χ3n) is 3.36. The van der Waals surface area contributed by atoms with Crippen LogP contribution in [0.2, 0.25) is 0 Å². The SMILES string of the molecule is NCCN(c1cccnc1)C1CCCCC1. The van der Waals surface area contributed by atoms with Crippen molar-refractivity contribution in [3.05, 3.63) is 24.5 Å². The summed E-state index contributed by atoms with van der Waals surface area (Å²) in [5, 5.41) is 0. The molecule has 0 aliphatic heterocycles. The third kappa shape index (κ3) is 2.73. The molecule has 0 spiro atoms. The lowest BCUT2D eigenvalue weighted by Crippen LogP contribution is -2.40. The van der Waals surface area contributed by atoms with Crippen LogP contribution in [0.4, 0.5) is 5.69 Å². The first-order chi connectivity index (χ1) is 7.92. The van der Waals surface area contributed by atoms with Gasteiger partial charge in [0.1, 0.15) is 0 Å². The van der Waals surface area contributed by atoms with E-state index < -0.39 is 0 Å². The van der Waals surface area contributed by atoms with Crippen LogP contribution < -0.4 is 10.6 Å². The summed E-state index contributed by atoms with van der Waals surface area (Å²) in [6.07, 6.45) is 10.5. The molecular weight excluding hydrogens is 198 g/mol. The first kappa shape index (κ1) is 11.4. The van der Waals surface area contributed by atoms with Gasteiger partial charge in [-0.2, -0.15) is 0 Å². The molecule has 0 amide bonds. The van der Waals surface area contributed by atoms with Crippen LogP contribution in [0.15, 0.2) is 24.5 Å². The Hall–Kier alpha value is -1.09. The fraction of sp³-hybridized carbons (Fsp3) is 0.615. The number of hydrogen-bond acceptors (Lipinski definition) is 3. The molecule has 88 valence electrons. The fourth-order valence-corrected chi connectivity index (χ4v) is 2.58. The van der Waals surface area contributed by atoms with E-state index in [0.29, 0.717) is 12.6 Å². The Balaban J connectivity index is 2.09. The van der Waals surface area contributed by atoms with Crippen molar-refractivity contribution in [1.82, 2.24) is 4.98 Å². The number of hydrogen-bond donors (Lipinski definition) is 1. The summed E-state index contributed by atoms with van der Waals surface area (Å²) in [6, 6.07) is 4.81. The van der Waals surface area contributed by atoms with Crippen LogP contribution in [0.1, 0.15) is 32.1 Å². The minimum atomic E-state index is 0.668. The van der Waals surface area contributed by atoms with Gasteiger partial charge in [0.15, 0.2) is 0 Å². The summed E-state index contributed by atoms with van der Waals surface area (Å²) >= 11 is 0. The van der Waals surface area contributed by atoms with Crippen molar-refractivity contribution in [2.45, 2.75) is 38.1 Å². The first-order valence-corrected chi connectivity index (χ1v) is 6.28. The molecule has 0 aromatic carbocycles. The van der Waals surface area contributed by atoms with Gasteiger partial charge in [0.25, 0.3) is 0 Å². The van der Waals surface area contributed by atoms with Crippen LogP contribution >= 0.6 is 0 Å². The number of aromatic nitrogens is 1. The monoisotopic (exact) mass is 219 g/mol. The largest absolute Gasteiger partial charge is 0.366 e. The molecule has 1 saturated carbocycles. The highest BCUT2D eigenvalue weighted by molar-refractivity contribution is 5.44. The van der Waals surface area contributed by atoms with Crippen LogP contribution in [0.3, 0.4) is 0 Å². The zero-order chi connectivity index (χ0) is 11.2. The highest BCUT2D eigenvalue weighted by Crippen LogP contribution is 2.26. The Kier molecular flexibility index (Phi) is 4.17. The quantitative estimate of drug-likeness (QED) is 0.844. The molecular formula is C13H21N3. The van der Waals surface area contributed by atoms with Gasteiger partial charge in [0, 0.05) is 25.3 Å². The maximum atomic E-state index is 5.71. The molecule has 2 N–H and O–H groups in total. The summed E-state index contributed by atoms with van der Waals surface area (Å²) in [4.78, 5) is 6.64. The highest BCUT2D eigenvalue weighted by Gasteiger charge is 2.20. The Morgan fingerprint density at radius 1 is 1.31 bits per heavy atom. The van der Waals surface area contributed by atoms with Crippen molar-refractivity contribution in [3.8, 4) is 0 Å². The van der Waals surface area contributed by atoms with E-state index in [-0.39, 0.29) is 0 Å². The minimum Gasteiger partial charge on any atom is -0.366 e. The van der Waals surface area contributed by atoms with Gasteiger partial charge in [-0.1, -0.05) is 19.3 Å². The number of nitrogens with zero attached hydrogens (tertiary/aromatic N) is 2. The average molecular weight is 219 g/mol. The second kappa shape index (κ2) is 5.85. The molecule has 0 bridgehead atoms. The van der Waals surface area contributed by atoms with Gasteiger partial charge in [-0.15, -0.1) is 0 Å². The van der Waals surface area contributed by atoms with Crippen molar-refractivity contribution in [1.29, 1.82) is 0 Å². The number of rotatable bonds is 4. The molecule has 3 heteroatoms. The Bertz CT molecular complexity index is 293. The van der Waals surface area contributed by atoms with Gasteiger partial charge in [0.2, 0.25) is 0 Å². The van der Waals surface area contributed by atoms with E-state index in [2.05, 4.69) is 16.0 Å². The van der Waals surface area contributed by atoms with Gasteiger partial charge in [-0.3, -0.25) is 4.98 Å². The van der Waals surface area contributed by atoms with Gasteiger partial charge in [0.05, 0.1) is 11.9 Å². The van der Waals surface area contributed by atoms with Gasteiger partial charge in [-0.05, 0) is 25.0 Å². The van der Waals surface area contributed by atoms with Crippen LogP contribution in [0.5, 0.6) is 0 Å². The lowest BCUT2D eigenvalue weighted by molar-refractivity contribution is 0.416. The third-order valence-corrected chi connectivity index (χ3v) is 3.36. The maximum absolute atomic E-state index is 5.71. The lowest BCUT2D eigenvalue weighted by Gasteiger charge is -2.35. The van der Waals surface area contributed by atoms with Crippen LogP contribution in [-0.2, 0) is 0 Å². The summed E-state index contributed by atoms with van der Waals surface area (Å²) in [5.41, 5.74) is 6.93. The Morgan fingerprint density at radius 2 is 2.12 bits per heavy atom. The smallest absolute Gasteiger partial charge is 0.0555 e. The summed E-state index contributed by atoms with van der Waals surface area (Å²) in [7, 11) is 0. The summed E-state index contributed by atoms with van der Waals surface area (Å²) in [6.45, 7) is 1.65. The molecule has 0 radical (unpaired) electrons. The molecule has 1 heterocycles. The van der Waals surface area contributed by atoms with Crippen molar-refractivity contribution in [2.75, 3.05) is 18.0 Å². The number of nitrogens with two attached hydrogens (primary N) is 1. The molecule has 1 aliphatic rings. The van der Waals surface area contributed by atoms with Crippen LogP contribution in [-0.4, -0.2) is 24.1 Å². The number of anilines is 1. The minimum absolute atomic E-state index is 0.668. The molecule has 2 rings (SSSR count). The number of pyridine rings is 1. The topological polar surface area (TPSA) is 42.1 Å². The normalized spacial score (nSPS) is 17.3. The Labute approximate surface area is 97.7 Å². The van der Waals surface area contributed by atoms with E-state index in [1.807, 2.05) is 18.5 Å². The second-order valence-corrected chi connectivity index (χ2v) is 4.49. The van der Waals surface area contributed by atoms with Gasteiger partial charge >= 0.3 is 0 Å². The van der Waals surface area contributed by atoms with E-state index in [1.54, 1.807) is 0 Å². The van der Waals surface area contributed by atoms with Gasteiger partial charge < -0.3 is 10.6 Å². The van der Waals surface area contributed by atoms with Crippen molar-refractivity contribution >= 4 is 5.69 Å². The molecule has 0 unspecified atom stereocenters. The van der Waals surface area contributed by atoms with Crippen molar-refractivity contribution in [3.63, 3.8) is 0 Å². The first-order valence-electron chi connectivity index (χ1n) is 6.28. The second-order valence-electron chi connectivity index (χ2n) is 4.49. The molecule has 1 aromatic rings. The molecule has 3 nitrogen and oxygen atoms in total. The van der Waals surface area contributed by atoms with Crippen LogP contribution in [0.25, 0.3) is 0 Å². The zero-order valence-electron chi connectivity index (χ0n) is 9.81. The van der Waals surface area contributed by atoms with Crippen molar-refractivity contribution < 1.29 is 0 Å². The standard InChI is InChI=1S/C13H21N3/c14-8-10-16(12-5-2-1-3-6-12)13-7-4-9-15-11-13/h4,7,9,11-12H,1-3,5-6,8,10,14H2. The van der Waals surface area contributed by atoms with Gasteiger partial charge in [-0.25, -0.2) is 0 Å². The lowest BCUT2D eigenvalue weighted by atomic mass is 9.94.